The maximum absolute atomic E-state index is 12.8. The molecule has 9 heteroatoms. The van der Waals surface area contributed by atoms with E-state index in [1.807, 2.05) is 4.98 Å². The van der Waals surface area contributed by atoms with Crippen LogP contribution in [0.2, 0.25) is 10.0 Å². The topological polar surface area (TPSA) is 55.0 Å². The van der Waals surface area contributed by atoms with Crippen LogP contribution in [0.5, 0.6) is 0 Å². The number of aromatic amines is 1. The van der Waals surface area contributed by atoms with Crippen LogP contribution in [0.3, 0.4) is 0 Å². The number of alkyl halides is 3. The summed E-state index contributed by atoms with van der Waals surface area (Å²) in [7, 11) is 0. The van der Waals surface area contributed by atoms with Crippen molar-refractivity contribution in [3.63, 3.8) is 0 Å². The lowest BCUT2D eigenvalue weighted by atomic mass is 10.1. The van der Waals surface area contributed by atoms with Gasteiger partial charge < -0.3 is 9.72 Å². The van der Waals surface area contributed by atoms with Crippen LogP contribution in [0.25, 0.3) is 11.3 Å². The lowest BCUT2D eigenvalue weighted by Crippen LogP contribution is -2.09. The van der Waals surface area contributed by atoms with E-state index in [1.165, 1.54) is 25.1 Å². The van der Waals surface area contributed by atoms with E-state index >= 15 is 0 Å². The van der Waals surface area contributed by atoms with Gasteiger partial charge >= 0.3 is 12.1 Å². The Morgan fingerprint density at radius 3 is 2.55 bits per heavy atom. The van der Waals surface area contributed by atoms with Gasteiger partial charge in [0.1, 0.15) is 5.69 Å². The molecule has 0 spiro atoms. The fourth-order valence-electron chi connectivity index (χ4n) is 1.71. The lowest BCUT2D eigenvalue weighted by Gasteiger charge is -2.04. The Kier molecular flexibility index (Phi) is 4.67. The van der Waals surface area contributed by atoms with Crippen LogP contribution in [-0.2, 0) is 10.9 Å². The molecule has 22 heavy (non-hydrogen) atoms. The second-order valence-electron chi connectivity index (χ2n) is 4.16. The molecule has 0 saturated carbocycles. The number of halogens is 5. The summed E-state index contributed by atoms with van der Waals surface area (Å²) in [5.41, 5.74) is -0.388. The highest BCUT2D eigenvalue weighted by Crippen LogP contribution is 2.33. The van der Waals surface area contributed by atoms with Crippen LogP contribution in [0.1, 0.15) is 23.2 Å². The highest BCUT2D eigenvalue weighted by atomic mass is 35.5. The standard InChI is InChI=1S/C13H9Cl2F3N2O2/c1-2-22-11(21)10-9(19-12(20-10)13(16,17)18)6-3-4-7(14)8(15)5-6/h3-5H,2H2,1H3,(H,19,20). The van der Waals surface area contributed by atoms with Crippen molar-refractivity contribution in [2.75, 3.05) is 6.61 Å². The van der Waals surface area contributed by atoms with Crippen molar-refractivity contribution in [1.82, 2.24) is 9.97 Å². The maximum atomic E-state index is 12.8. The molecule has 0 radical (unpaired) electrons. The number of esters is 1. The molecule has 118 valence electrons. The minimum Gasteiger partial charge on any atom is -0.461 e. The smallest absolute Gasteiger partial charge is 0.449 e. The Morgan fingerprint density at radius 2 is 2.00 bits per heavy atom. The van der Waals surface area contributed by atoms with Crippen molar-refractivity contribution in [1.29, 1.82) is 0 Å². The average molecular weight is 353 g/mol. The molecule has 1 N–H and O–H groups in total. The Hall–Kier alpha value is -1.73. The zero-order valence-electron chi connectivity index (χ0n) is 11.1. The molecule has 1 aromatic heterocycles. The fraction of sp³-hybridized carbons (Fsp3) is 0.231. The highest BCUT2D eigenvalue weighted by molar-refractivity contribution is 6.42. The van der Waals surface area contributed by atoms with Gasteiger partial charge in [-0.3, -0.25) is 0 Å². The Bertz CT molecular complexity index is 714. The van der Waals surface area contributed by atoms with Crippen molar-refractivity contribution < 1.29 is 22.7 Å². The first-order valence-electron chi connectivity index (χ1n) is 6.03. The van der Waals surface area contributed by atoms with E-state index in [0.717, 1.165) is 0 Å². The SMILES string of the molecule is CCOC(=O)c1[nH]c(C(F)(F)F)nc1-c1ccc(Cl)c(Cl)c1. The molecule has 0 aliphatic heterocycles. The summed E-state index contributed by atoms with van der Waals surface area (Å²) < 4.78 is 43.1. The van der Waals surface area contributed by atoms with E-state index in [-0.39, 0.29) is 27.9 Å². The molecule has 0 aliphatic carbocycles. The Balaban J connectivity index is 2.59. The minimum atomic E-state index is -4.73. The van der Waals surface area contributed by atoms with Crippen LogP contribution in [0, 0.1) is 0 Å². The number of imidazole rings is 1. The number of carbonyl (C=O) groups excluding carboxylic acids is 1. The number of hydrogen-bond donors (Lipinski definition) is 1. The fourth-order valence-corrected chi connectivity index (χ4v) is 2.01. The van der Waals surface area contributed by atoms with E-state index in [0.29, 0.717) is 0 Å². The Labute approximate surface area is 133 Å². The monoisotopic (exact) mass is 352 g/mol. The van der Waals surface area contributed by atoms with E-state index in [9.17, 15) is 18.0 Å². The number of rotatable bonds is 3. The molecule has 0 atom stereocenters. The van der Waals surface area contributed by atoms with Gasteiger partial charge in [0.15, 0.2) is 5.69 Å². The second kappa shape index (κ2) is 6.18. The van der Waals surface area contributed by atoms with Gasteiger partial charge in [-0.15, -0.1) is 0 Å². The van der Waals surface area contributed by atoms with Crippen molar-refractivity contribution in [3.05, 3.63) is 39.8 Å². The average Bonchev–Trinajstić information content (AvgIpc) is 2.87. The molecular formula is C13H9Cl2F3N2O2. The second-order valence-corrected chi connectivity index (χ2v) is 4.97. The highest BCUT2D eigenvalue weighted by Gasteiger charge is 2.37. The molecule has 1 aromatic carbocycles. The quantitative estimate of drug-likeness (QED) is 0.822. The van der Waals surface area contributed by atoms with Crippen LogP contribution < -0.4 is 0 Å². The van der Waals surface area contributed by atoms with Gasteiger partial charge in [0.25, 0.3) is 0 Å². The molecule has 0 amide bonds. The van der Waals surface area contributed by atoms with Gasteiger partial charge in [-0.25, -0.2) is 9.78 Å². The van der Waals surface area contributed by atoms with E-state index < -0.39 is 23.7 Å². The predicted molar refractivity (Wildman–Crippen MR) is 75.0 cm³/mol. The summed E-state index contributed by atoms with van der Waals surface area (Å²) in [4.78, 5) is 17.2. The summed E-state index contributed by atoms with van der Waals surface area (Å²) in [6.45, 7) is 1.55. The first-order chi connectivity index (χ1) is 10.2. The molecule has 1 heterocycles. The largest absolute Gasteiger partial charge is 0.461 e. The van der Waals surface area contributed by atoms with Crippen molar-refractivity contribution in [2.45, 2.75) is 13.1 Å². The zero-order valence-corrected chi connectivity index (χ0v) is 12.6. The van der Waals surface area contributed by atoms with Gasteiger partial charge in [-0.2, -0.15) is 13.2 Å². The normalized spacial score (nSPS) is 11.5. The maximum Gasteiger partial charge on any atom is 0.449 e. The molecule has 0 unspecified atom stereocenters. The predicted octanol–water partition coefficient (Wildman–Crippen LogP) is 4.58. The summed E-state index contributed by atoms with van der Waals surface area (Å²) in [6, 6.07) is 4.13. The van der Waals surface area contributed by atoms with Gasteiger partial charge in [0, 0.05) is 5.56 Å². The summed E-state index contributed by atoms with van der Waals surface area (Å²) in [6.07, 6.45) is -4.73. The van der Waals surface area contributed by atoms with Crippen LogP contribution in [-0.4, -0.2) is 22.5 Å². The van der Waals surface area contributed by atoms with Gasteiger partial charge in [0.05, 0.1) is 16.7 Å². The molecule has 4 nitrogen and oxygen atoms in total. The summed E-state index contributed by atoms with van der Waals surface area (Å²) >= 11 is 11.6. The molecule has 2 aromatic rings. The molecule has 0 bridgehead atoms. The summed E-state index contributed by atoms with van der Waals surface area (Å²) in [5, 5.41) is 0.361. The molecule has 0 aliphatic rings. The van der Waals surface area contributed by atoms with Gasteiger partial charge in [-0.05, 0) is 19.1 Å². The van der Waals surface area contributed by atoms with Crippen LogP contribution in [0.4, 0.5) is 13.2 Å². The van der Waals surface area contributed by atoms with Crippen molar-refractivity contribution in [3.8, 4) is 11.3 Å². The van der Waals surface area contributed by atoms with E-state index in [1.54, 1.807) is 0 Å². The number of carbonyl (C=O) groups is 1. The first kappa shape index (κ1) is 16.6. The zero-order chi connectivity index (χ0) is 16.5. The van der Waals surface area contributed by atoms with Crippen molar-refractivity contribution in [2.24, 2.45) is 0 Å². The molecular weight excluding hydrogens is 344 g/mol. The number of ether oxygens (including phenoxy) is 1. The van der Waals surface area contributed by atoms with Gasteiger partial charge in [0.2, 0.25) is 5.82 Å². The number of nitrogens with zero attached hydrogens (tertiary/aromatic N) is 1. The number of hydrogen-bond acceptors (Lipinski definition) is 3. The van der Waals surface area contributed by atoms with E-state index in [2.05, 4.69) is 4.98 Å². The lowest BCUT2D eigenvalue weighted by molar-refractivity contribution is -0.144. The molecule has 0 fully saturated rings. The van der Waals surface area contributed by atoms with Crippen LogP contribution >= 0.6 is 23.2 Å². The number of H-pyrrole nitrogens is 1. The molecule has 0 saturated heterocycles. The van der Waals surface area contributed by atoms with Gasteiger partial charge in [-0.1, -0.05) is 29.3 Å². The number of benzene rings is 1. The van der Waals surface area contributed by atoms with Crippen LogP contribution in [0.15, 0.2) is 18.2 Å². The Morgan fingerprint density at radius 1 is 1.32 bits per heavy atom. The minimum absolute atomic E-state index is 0.0139. The summed E-state index contributed by atoms with van der Waals surface area (Å²) in [5.74, 6) is -2.23. The first-order valence-corrected chi connectivity index (χ1v) is 6.79. The third kappa shape index (κ3) is 3.36. The third-order valence-electron chi connectivity index (χ3n) is 2.64. The number of aromatic nitrogens is 2. The van der Waals surface area contributed by atoms with Crippen molar-refractivity contribution >= 4 is 29.2 Å². The number of nitrogens with one attached hydrogen (secondary N) is 1. The van der Waals surface area contributed by atoms with E-state index in [4.69, 9.17) is 27.9 Å². The molecule has 2 rings (SSSR count). The third-order valence-corrected chi connectivity index (χ3v) is 3.38.